The summed E-state index contributed by atoms with van der Waals surface area (Å²) in [5.74, 6) is 0.0428. The van der Waals surface area contributed by atoms with Crippen molar-refractivity contribution in [2.45, 2.75) is 43.8 Å². The molecule has 26 heavy (non-hydrogen) atoms. The standard InChI is InChI=1S/C19H24N4O2S/c24-18(21-13-3-1-2-4-13)12-5-6-16-17(7-12)26-19(22-16)23-14-8-20-9-15(23)11-25-10-14/h5-7,13-15,20H,1-4,8-11H2,(H,21,24). The maximum absolute atomic E-state index is 12.6. The Bertz CT molecular complexity index is 795. The predicted octanol–water partition coefficient (Wildman–Crippen LogP) is 2.15. The predicted molar refractivity (Wildman–Crippen MR) is 103 cm³/mol. The summed E-state index contributed by atoms with van der Waals surface area (Å²) in [4.78, 5) is 19.8. The van der Waals surface area contributed by atoms with Crippen LogP contribution in [0.3, 0.4) is 0 Å². The molecule has 1 aliphatic carbocycles. The van der Waals surface area contributed by atoms with E-state index < -0.39 is 0 Å². The van der Waals surface area contributed by atoms with Crippen LogP contribution in [0.25, 0.3) is 10.2 Å². The third-order valence-corrected chi connectivity index (χ3v) is 6.75. The lowest BCUT2D eigenvalue weighted by atomic mass is 10.1. The average Bonchev–Trinajstić information content (AvgIpc) is 3.29. The summed E-state index contributed by atoms with van der Waals surface area (Å²) >= 11 is 1.69. The van der Waals surface area contributed by atoms with Crippen molar-refractivity contribution < 1.29 is 9.53 Å². The zero-order chi connectivity index (χ0) is 17.5. The highest BCUT2D eigenvalue weighted by atomic mass is 32.1. The van der Waals surface area contributed by atoms with Crippen molar-refractivity contribution in [1.82, 2.24) is 15.6 Å². The number of carbonyl (C=O) groups is 1. The fourth-order valence-corrected chi connectivity index (χ4v) is 5.49. The highest BCUT2D eigenvalue weighted by molar-refractivity contribution is 7.22. The van der Waals surface area contributed by atoms with Gasteiger partial charge in [0.1, 0.15) is 0 Å². The Labute approximate surface area is 156 Å². The second-order valence-corrected chi connectivity index (χ2v) is 8.55. The van der Waals surface area contributed by atoms with Crippen LogP contribution in [0.15, 0.2) is 18.2 Å². The molecule has 2 aliphatic heterocycles. The highest BCUT2D eigenvalue weighted by Gasteiger charge is 2.36. The molecule has 3 fully saturated rings. The number of benzene rings is 1. The van der Waals surface area contributed by atoms with Crippen molar-refractivity contribution in [3.8, 4) is 0 Å². The molecule has 1 saturated carbocycles. The topological polar surface area (TPSA) is 66.5 Å². The first-order valence-corrected chi connectivity index (χ1v) is 10.4. The van der Waals surface area contributed by atoms with Gasteiger partial charge in [0.15, 0.2) is 5.13 Å². The quantitative estimate of drug-likeness (QED) is 0.864. The molecule has 2 unspecified atom stereocenters. The van der Waals surface area contributed by atoms with Crippen molar-refractivity contribution >= 4 is 32.6 Å². The Balaban J connectivity index is 1.40. The van der Waals surface area contributed by atoms with Gasteiger partial charge in [0.05, 0.1) is 35.5 Å². The largest absolute Gasteiger partial charge is 0.377 e. The van der Waals surface area contributed by atoms with Gasteiger partial charge in [-0.1, -0.05) is 24.2 Å². The molecule has 5 rings (SSSR count). The minimum atomic E-state index is 0.0428. The second-order valence-electron chi connectivity index (χ2n) is 7.54. The first-order chi connectivity index (χ1) is 12.8. The van der Waals surface area contributed by atoms with Crippen LogP contribution in [0.2, 0.25) is 0 Å². The number of nitrogens with one attached hydrogen (secondary N) is 2. The van der Waals surface area contributed by atoms with E-state index in [9.17, 15) is 4.79 Å². The number of hydrogen-bond acceptors (Lipinski definition) is 6. The molecule has 2 aromatic rings. The van der Waals surface area contributed by atoms with Gasteiger partial charge >= 0.3 is 0 Å². The molecule has 2 saturated heterocycles. The van der Waals surface area contributed by atoms with Gasteiger partial charge < -0.3 is 20.3 Å². The number of thiazole rings is 1. The van der Waals surface area contributed by atoms with Crippen LogP contribution in [0, 0.1) is 0 Å². The molecular formula is C19H24N4O2S. The number of piperazine rings is 1. The maximum Gasteiger partial charge on any atom is 0.251 e. The summed E-state index contributed by atoms with van der Waals surface area (Å²) in [7, 11) is 0. The van der Waals surface area contributed by atoms with E-state index in [1.165, 1.54) is 12.8 Å². The number of carbonyl (C=O) groups excluding carboxylic acids is 1. The molecule has 6 nitrogen and oxygen atoms in total. The Hall–Kier alpha value is -1.70. The molecule has 1 aromatic heterocycles. The molecule has 0 spiro atoms. The van der Waals surface area contributed by atoms with Gasteiger partial charge in [-0.3, -0.25) is 4.79 Å². The van der Waals surface area contributed by atoms with Crippen LogP contribution in [-0.4, -0.2) is 55.3 Å². The van der Waals surface area contributed by atoms with E-state index in [-0.39, 0.29) is 5.91 Å². The highest BCUT2D eigenvalue weighted by Crippen LogP contribution is 2.34. The zero-order valence-corrected chi connectivity index (χ0v) is 15.6. The second kappa shape index (κ2) is 6.79. The van der Waals surface area contributed by atoms with Gasteiger partial charge in [0.25, 0.3) is 5.91 Å². The number of aromatic nitrogens is 1. The number of fused-ring (bicyclic) bond motifs is 3. The van der Waals surface area contributed by atoms with Gasteiger partial charge in [-0.05, 0) is 31.0 Å². The van der Waals surface area contributed by atoms with E-state index in [2.05, 4.69) is 15.5 Å². The van der Waals surface area contributed by atoms with Crippen LogP contribution in [0.1, 0.15) is 36.0 Å². The molecule has 2 N–H and O–H groups in total. The van der Waals surface area contributed by atoms with Gasteiger partial charge in [0, 0.05) is 24.7 Å². The fourth-order valence-electron chi connectivity index (χ4n) is 4.35. The number of anilines is 1. The zero-order valence-electron chi connectivity index (χ0n) is 14.7. The van der Waals surface area contributed by atoms with Crippen LogP contribution >= 0.6 is 11.3 Å². The Kier molecular flexibility index (Phi) is 4.30. The average molecular weight is 372 g/mol. The Morgan fingerprint density at radius 3 is 2.77 bits per heavy atom. The molecule has 3 heterocycles. The molecule has 1 aromatic carbocycles. The third kappa shape index (κ3) is 2.98. The summed E-state index contributed by atoms with van der Waals surface area (Å²) in [5.41, 5.74) is 1.71. The van der Waals surface area contributed by atoms with Crippen molar-refractivity contribution in [3.63, 3.8) is 0 Å². The van der Waals surface area contributed by atoms with E-state index in [1.807, 2.05) is 18.2 Å². The summed E-state index contributed by atoms with van der Waals surface area (Å²) in [5, 5.41) is 7.70. The van der Waals surface area contributed by atoms with Crippen molar-refractivity contribution in [2.24, 2.45) is 0 Å². The lowest BCUT2D eigenvalue weighted by Gasteiger charge is -2.45. The number of morpholine rings is 1. The van der Waals surface area contributed by atoms with E-state index in [0.717, 1.165) is 60.1 Å². The van der Waals surface area contributed by atoms with Gasteiger partial charge in [-0.15, -0.1) is 0 Å². The monoisotopic (exact) mass is 372 g/mol. The van der Waals surface area contributed by atoms with Gasteiger partial charge in [-0.2, -0.15) is 0 Å². The fraction of sp³-hybridized carbons (Fsp3) is 0.579. The van der Waals surface area contributed by atoms with Crippen molar-refractivity contribution in [2.75, 3.05) is 31.2 Å². The lowest BCUT2D eigenvalue weighted by molar-refractivity contribution is 0.0528. The molecular weight excluding hydrogens is 348 g/mol. The van der Waals surface area contributed by atoms with Crippen molar-refractivity contribution in [3.05, 3.63) is 23.8 Å². The van der Waals surface area contributed by atoms with E-state index in [1.54, 1.807) is 11.3 Å². The van der Waals surface area contributed by atoms with Crippen LogP contribution in [-0.2, 0) is 4.74 Å². The Morgan fingerprint density at radius 1 is 1.23 bits per heavy atom. The van der Waals surface area contributed by atoms with Crippen molar-refractivity contribution in [1.29, 1.82) is 0 Å². The van der Waals surface area contributed by atoms with E-state index >= 15 is 0 Å². The summed E-state index contributed by atoms with van der Waals surface area (Å²) < 4.78 is 6.80. The van der Waals surface area contributed by atoms with E-state index in [0.29, 0.717) is 18.1 Å². The molecule has 2 bridgehead atoms. The maximum atomic E-state index is 12.6. The molecule has 138 valence electrons. The van der Waals surface area contributed by atoms with Gasteiger partial charge in [-0.25, -0.2) is 4.98 Å². The summed E-state index contributed by atoms with van der Waals surface area (Å²) in [6, 6.07) is 6.90. The number of rotatable bonds is 3. The van der Waals surface area contributed by atoms with Crippen LogP contribution < -0.4 is 15.5 Å². The summed E-state index contributed by atoms with van der Waals surface area (Å²) in [6.45, 7) is 3.35. The van der Waals surface area contributed by atoms with Crippen LogP contribution in [0.4, 0.5) is 5.13 Å². The Morgan fingerprint density at radius 2 is 2.00 bits per heavy atom. The summed E-state index contributed by atoms with van der Waals surface area (Å²) in [6.07, 6.45) is 4.65. The first kappa shape index (κ1) is 16.5. The molecule has 7 heteroatoms. The third-order valence-electron chi connectivity index (χ3n) is 5.72. The number of hydrogen-bond donors (Lipinski definition) is 2. The first-order valence-electron chi connectivity index (χ1n) is 9.56. The molecule has 0 radical (unpaired) electrons. The van der Waals surface area contributed by atoms with E-state index in [4.69, 9.17) is 9.72 Å². The molecule has 3 aliphatic rings. The number of ether oxygens (including phenoxy) is 1. The number of amides is 1. The normalized spacial score (nSPS) is 26.4. The minimum Gasteiger partial charge on any atom is -0.377 e. The van der Waals surface area contributed by atoms with Gasteiger partial charge in [0.2, 0.25) is 0 Å². The lowest BCUT2D eigenvalue weighted by Crippen LogP contribution is -2.64. The SMILES string of the molecule is O=C(NC1CCCC1)c1ccc2nc(N3C4CNCC3COC4)sc2c1. The number of nitrogens with zero attached hydrogens (tertiary/aromatic N) is 2. The minimum absolute atomic E-state index is 0.0428. The smallest absolute Gasteiger partial charge is 0.251 e. The molecule has 1 amide bonds. The molecule has 2 atom stereocenters. The van der Waals surface area contributed by atoms with Crippen LogP contribution in [0.5, 0.6) is 0 Å².